The molecule has 0 bridgehead atoms. The smallest absolute Gasteiger partial charge is 0.339 e. The van der Waals surface area contributed by atoms with Gasteiger partial charge in [0.15, 0.2) is 0 Å². The molecule has 0 fully saturated rings. The van der Waals surface area contributed by atoms with Crippen LogP contribution in [0, 0.1) is 0 Å². The highest BCUT2D eigenvalue weighted by Crippen LogP contribution is 2.31. The largest absolute Gasteiger partial charge is 0.493 e. The van der Waals surface area contributed by atoms with E-state index >= 15 is 0 Å². The number of fused-ring (bicyclic) bond motifs is 3. The van der Waals surface area contributed by atoms with Gasteiger partial charge in [0.05, 0.1) is 18.1 Å². The molecule has 0 aliphatic rings. The highest BCUT2D eigenvalue weighted by Gasteiger charge is 2.10. The second-order valence-electron chi connectivity index (χ2n) is 8.33. The van der Waals surface area contributed by atoms with E-state index in [1.807, 2.05) is 30.3 Å². The molecule has 0 aliphatic carbocycles. The lowest BCUT2D eigenvalue weighted by atomic mass is 10.1. The lowest BCUT2D eigenvalue weighted by Gasteiger charge is -2.10. The standard InChI is InChI=1S/C27H36O3/c1-2-3-4-5-6-7-8-9-10-11-12-15-20-29-25-21-26(28)30-24-19-18-22-16-13-14-17-23(22)27(24)25/h13-14,16-19,21H,2-12,15,20H2,1H3. The van der Waals surface area contributed by atoms with Crippen molar-refractivity contribution in [2.75, 3.05) is 6.61 Å². The van der Waals surface area contributed by atoms with Crippen molar-refractivity contribution in [2.24, 2.45) is 0 Å². The summed E-state index contributed by atoms with van der Waals surface area (Å²) in [6.45, 7) is 2.91. The molecule has 3 rings (SSSR count). The van der Waals surface area contributed by atoms with Gasteiger partial charge in [0.25, 0.3) is 0 Å². The summed E-state index contributed by atoms with van der Waals surface area (Å²) in [4.78, 5) is 11.9. The molecule has 2 aromatic carbocycles. The Balaban J connectivity index is 1.39. The summed E-state index contributed by atoms with van der Waals surface area (Å²) in [5, 5.41) is 3.07. The monoisotopic (exact) mass is 408 g/mol. The average Bonchev–Trinajstić information content (AvgIpc) is 2.76. The van der Waals surface area contributed by atoms with Crippen LogP contribution in [-0.2, 0) is 0 Å². The number of benzene rings is 2. The molecule has 0 atom stereocenters. The molecule has 30 heavy (non-hydrogen) atoms. The van der Waals surface area contributed by atoms with Crippen LogP contribution >= 0.6 is 0 Å². The fourth-order valence-electron chi connectivity index (χ4n) is 4.15. The Morgan fingerprint density at radius 1 is 0.767 bits per heavy atom. The average molecular weight is 409 g/mol. The molecule has 3 aromatic rings. The fraction of sp³-hybridized carbons (Fsp3) is 0.519. The van der Waals surface area contributed by atoms with Crippen LogP contribution in [0.2, 0.25) is 0 Å². The van der Waals surface area contributed by atoms with E-state index < -0.39 is 0 Å². The Morgan fingerprint density at radius 3 is 2.10 bits per heavy atom. The number of hydrogen-bond acceptors (Lipinski definition) is 3. The van der Waals surface area contributed by atoms with Crippen LogP contribution in [0.1, 0.15) is 84.0 Å². The second kappa shape index (κ2) is 12.4. The Kier molecular flexibility index (Phi) is 9.27. The summed E-state index contributed by atoms with van der Waals surface area (Å²) in [6.07, 6.45) is 15.8. The molecule has 0 saturated carbocycles. The first-order chi connectivity index (χ1) is 14.8. The predicted octanol–water partition coefficient (Wildman–Crippen LogP) is 8.03. The van der Waals surface area contributed by atoms with Gasteiger partial charge in [-0.15, -0.1) is 0 Å². The van der Waals surface area contributed by atoms with Crippen LogP contribution in [0.15, 0.2) is 51.7 Å². The summed E-state index contributed by atoms with van der Waals surface area (Å²) < 4.78 is 11.4. The van der Waals surface area contributed by atoms with Gasteiger partial charge in [-0.2, -0.15) is 0 Å². The van der Waals surface area contributed by atoms with Crippen LogP contribution in [-0.4, -0.2) is 6.61 Å². The maximum Gasteiger partial charge on any atom is 0.339 e. The third-order valence-electron chi connectivity index (χ3n) is 5.85. The Hall–Kier alpha value is -2.29. The van der Waals surface area contributed by atoms with Crippen LogP contribution in [0.25, 0.3) is 21.7 Å². The van der Waals surface area contributed by atoms with E-state index in [2.05, 4.69) is 13.0 Å². The summed E-state index contributed by atoms with van der Waals surface area (Å²) in [5.41, 5.74) is 0.230. The van der Waals surface area contributed by atoms with E-state index in [0.29, 0.717) is 17.9 Å². The van der Waals surface area contributed by atoms with Crippen LogP contribution in [0.3, 0.4) is 0 Å². The molecule has 3 nitrogen and oxygen atoms in total. The molecule has 1 heterocycles. The van der Waals surface area contributed by atoms with E-state index in [1.165, 1.54) is 76.7 Å². The van der Waals surface area contributed by atoms with Crippen molar-refractivity contribution in [3.8, 4) is 5.75 Å². The van der Waals surface area contributed by atoms with Gasteiger partial charge in [0.1, 0.15) is 11.3 Å². The SMILES string of the molecule is CCCCCCCCCCCCCCOc1cc(=O)oc2ccc3ccccc3c12. The molecule has 0 spiro atoms. The van der Waals surface area contributed by atoms with Crippen molar-refractivity contribution in [1.82, 2.24) is 0 Å². The third kappa shape index (κ3) is 6.62. The molecule has 0 amide bonds. The molecule has 0 N–H and O–H groups in total. The highest BCUT2D eigenvalue weighted by molar-refractivity contribution is 6.08. The maximum atomic E-state index is 11.9. The van der Waals surface area contributed by atoms with E-state index in [4.69, 9.17) is 9.15 Å². The number of rotatable bonds is 14. The van der Waals surface area contributed by atoms with Crippen molar-refractivity contribution in [3.05, 3.63) is 52.9 Å². The van der Waals surface area contributed by atoms with Crippen molar-refractivity contribution in [2.45, 2.75) is 84.0 Å². The van der Waals surface area contributed by atoms with E-state index in [9.17, 15) is 4.79 Å². The molecular formula is C27H36O3. The van der Waals surface area contributed by atoms with E-state index in [0.717, 1.165) is 22.6 Å². The molecule has 1 aromatic heterocycles. The Bertz CT molecular complexity index is 957. The van der Waals surface area contributed by atoms with Gasteiger partial charge < -0.3 is 9.15 Å². The number of ether oxygens (including phenoxy) is 1. The van der Waals surface area contributed by atoms with Crippen molar-refractivity contribution in [3.63, 3.8) is 0 Å². The normalized spacial score (nSPS) is 11.4. The van der Waals surface area contributed by atoms with Gasteiger partial charge in [-0.25, -0.2) is 4.79 Å². The Morgan fingerprint density at radius 2 is 1.40 bits per heavy atom. The lowest BCUT2D eigenvalue weighted by Crippen LogP contribution is -2.03. The quantitative estimate of drug-likeness (QED) is 0.154. The zero-order chi connectivity index (χ0) is 21.0. The van der Waals surface area contributed by atoms with Crippen molar-refractivity contribution in [1.29, 1.82) is 0 Å². The predicted molar refractivity (Wildman–Crippen MR) is 127 cm³/mol. The van der Waals surface area contributed by atoms with Gasteiger partial charge >= 0.3 is 5.63 Å². The summed E-state index contributed by atoms with van der Waals surface area (Å²) in [7, 11) is 0. The third-order valence-corrected chi connectivity index (χ3v) is 5.85. The van der Waals surface area contributed by atoms with Crippen molar-refractivity contribution >= 4 is 21.7 Å². The first kappa shape index (κ1) is 22.4. The summed E-state index contributed by atoms with van der Waals surface area (Å²) >= 11 is 0. The minimum absolute atomic E-state index is 0.359. The van der Waals surface area contributed by atoms with Crippen molar-refractivity contribution < 1.29 is 9.15 Å². The van der Waals surface area contributed by atoms with Gasteiger partial charge in [0.2, 0.25) is 0 Å². The lowest BCUT2D eigenvalue weighted by molar-refractivity contribution is 0.305. The zero-order valence-electron chi connectivity index (χ0n) is 18.5. The minimum atomic E-state index is -0.359. The van der Waals surface area contributed by atoms with Crippen LogP contribution in [0.4, 0.5) is 0 Å². The van der Waals surface area contributed by atoms with E-state index in [1.54, 1.807) is 0 Å². The molecule has 0 saturated heterocycles. The Labute approximate surface area is 180 Å². The van der Waals surface area contributed by atoms with Gasteiger partial charge in [-0.1, -0.05) is 108 Å². The minimum Gasteiger partial charge on any atom is -0.493 e. The van der Waals surface area contributed by atoms with Crippen LogP contribution < -0.4 is 10.4 Å². The molecule has 0 radical (unpaired) electrons. The highest BCUT2D eigenvalue weighted by atomic mass is 16.5. The number of hydrogen-bond donors (Lipinski definition) is 0. The topological polar surface area (TPSA) is 39.4 Å². The van der Waals surface area contributed by atoms with Crippen LogP contribution in [0.5, 0.6) is 5.75 Å². The first-order valence-electron chi connectivity index (χ1n) is 11.9. The summed E-state index contributed by atoms with van der Waals surface area (Å²) in [6, 6.07) is 13.5. The molecule has 0 aliphatic heterocycles. The number of unbranched alkanes of at least 4 members (excludes halogenated alkanes) is 11. The maximum absolute atomic E-state index is 11.9. The van der Waals surface area contributed by atoms with Gasteiger partial charge in [-0.3, -0.25) is 0 Å². The molecule has 0 unspecified atom stereocenters. The summed E-state index contributed by atoms with van der Waals surface area (Å²) in [5.74, 6) is 0.640. The fourth-order valence-corrected chi connectivity index (χ4v) is 4.15. The van der Waals surface area contributed by atoms with E-state index in [-0.39, 0.29) is 5.63 Å². The van der Waals surface area contributed by atoms with Gasteiger partial charge in [0, 0.05) is 0 Å². The second-order valence-corrected chi connectivity index (χ2v) is 8.33. The molecule has 3 heteroatoms. The molecular weight excluding hydrogens is 372 g/mol. The van der Waals surface area contributed by atoms with Gasteiger partial charge in [-0.05, 0) is 23.3 Å². The zero-order valence-corrected chi connectivity index (χ0v) is 18.5. The molecule has 162 valence electrons. The first-order valence-corrected chi connectivity index (χ1v) is 11.9.